The molecule has 0 aromatic heterocycles. The van der Waals surface area contributed by atoms with Crippen LogP contribution in [0.2, 0.25) is 0 Å². The van der Waals surface area contributed by atoms with Gasteiger partial charge in [-0.15, -0.1) is 0 Å². The Balaban J connectivity index is 4.71. The largest absolute Gasteiger partial charge is 0.286 e. The zero-order chi connectivity index (χ0) is 10.5. The topological polar surface area (TPSA) is 27.0 Å². The van der Waals surface area contributed by atoms with Gasteiger partial charge < -0.3 is 0 Å². The first kappa shape index (κ1) is 12.4. The molecular formula is C11H22N2. The van der Waals surface area contributed by atoms with Gasteiger partial charge in [0.05, 0.1) is 6.07 Å². The summed E-state index contributed by atoms with van der Waals surface area (Å²) in [6.45, 7) is 12.5. The minimum Gasteiger partial charge on any atom is -0.286 e. The van der Waals surface area contributed by atoms with E-state index in [2.05, 4.69) is 38.7 Å². The minimum absolute atomic E-state index is 0.293. The van der Waals surface area contributed by atoms with Gasteiger partial charge in [-0.2, -0.15) is 5.26 Å². The molecule has 0 spiro atoms. The number of nitriles is 1. The molecule has 2 unspecified atom stereocenters. The van der Waals surface area contributed by atoms with Crippen LogP contribution in [0, 0.1) is 17.2 Å². The third-order valence-electron chi connectivity index (χ3n) is 3.22. The Morgan fingerprint density at radius 2 is 1.77 bits per heavy atom. The highest BCUT2D eigenvalue weighted by molar-refractivity contribution is 5.07. The highest BCUT2D eigenvalue weighted by atomic mass is 15.2. The van der Waals surface area contributed by atoms with Crippen LogP contribution in [0.1, 0.15) is 41.0 Å². The number of rotatable bonds is 5. The molecule has 0 aromatic rings. The zero-order valence-electron chi connectivity index (χ0n) is 9.59. The van der Waals surface area contributed by atoms with Crippen LogP contribution in [0.15, 0.2) is 0 Å². The average molecular weight is 182 g/mol. The summed E-state index contributed by atoms with van der Waals surface area (Å²) in [7, 11) is 0. The van der Waals surface area contributed by atoms with E-state index in [1.165, 1.54) is 0 Å². The average Bonchev–Trinajstić information content (AvgIpc) is 2.17. The van der Waals surface area contributed by atoms with Crippen LogP contribution in [0.5, 0.6) is 0 Å². The van der Waals surface area contributed by atoms with Crippen molar-refractivity contribution in [3.63, 3.8) is 0 Å². The molecule has 0 aromatic carbocycles. The Hall–Kier alpha value is -0.550. The predicted octanol–water partition coefficient (Wildman–Crippen LogP) is 2.66. The molecule has 76 valence electrons. The monoisotopic (exact) mass is 182 g/mol. The molecule has 0 aliphatic heterocycles. The SMILES string of the molecule is CCC(C)C(C)(C#N)N(CC)CC. The van der Waals surface area contributed by atoms with Gasteiger partial charge in [0.2, 0.25) is 0 Å². The third kappa shape index (κ3) is 2.45. The number of hydrogen-bond donors (Lipinski definition) is 0. The first-order valence-electron chi connectivity index (χ1n) is 5.23. The van der Waals surface area contributed by atoms with E-state index in [0.717, 1.165) is 19.5 Å². The fraction of sp³-hybridized carbons (Fsp3) is 0.909. The Kier molecular flexibility index (Phi) is 5.02. The maximum Gasteiger partial charge on any atom is 0.108 e. The second kappa shape index (κ2) is 5.24. The van der Waals surface area contributed by atoms with Crippen molar-refractivity contribution in [1.29, 1.82) is 5.26 Å². The van der Waals surface area contributed by atoms with Gasteiger partial charge in [-0.1, -0.05) is 34.1 Å². The maximum absolute atomic E-state index is 9.23. The van der Waals surface area contributed by atoms with Gasteiger partial charge in [-0.25, -0.2) is 0 Å². The van der Waals surface area contributed by atoms with Gasteiger partial charge in [0, 0.05) is 0 Å². The molecule has 0 heterocycles. The summed E-state index contributed by atoms with van der Waals surface area (Å²) in [5, 5.41) is 9.23. The Bertz CT molecular complexity index is 179. The molecule has 0 bridgehead atoms. The van der Waals surface area contributed by atoms with E-state index < -0.39 is 0 Å². The predicted molar refractivity (Wildman–Crippen MR) is 56.4 cm³/mol. The molecule has 0 aliphatic rings. The molecule has 0 saturated heterocycles. The number of nitrogens with zero attached hydrogens (tertiary/aromatic N) is 2. The lowest BCUT2D eigenvalue weighted by Crippen LogP contribution is -2.49. The van der Waals surface area contributed by atoms with Crippen LogP contribution in [-0.4, -0.2) is 23.5 Å². The summed E-state index contributed by atoms with van der Waals surface area (Å²) in [5.41, 5.74) is -0.293. The van der Waals surface area contributed by atoms with Crippen LogP contribution < -0.4 is 0 Å². The van der Waals surface area contributed by atoms with Crippen LogP contribution in [0.25, 0.3) is 0 Å². The standard InChI is InChI=1S/C11H22N2/c1-6-10(4)11(5,9-12)13(7-2)8-3/h10H,6-8H2,1-5H3. The van der Waals surface area contributed by atoms with Gasteiger partial charge in [-0.05, 0) is 25.9 Å². The van der Waals surface area contributed by atoms with Crippen molar-refractivity contribution in [2.75, 3.05) is 13.1 Å². The summed E-state index contributed by atoms with van der Waals surface area (Å²) in [6.07, 6.45) is 1.06. The lowest BCUT2D eigenvalue weighted by Gasteiger charge is -2.38. The lowest BCUT2D eigenvalue weighted by molar-refractivity contribution is 0.112. The summed E-state index contributed by atoms with van der Waals surface area (Å²) in [4.78, 5) is 2.24. The Morgan fingerprint density at radius 1 is 1.31 bits per heavy atom. The lowest BCUT2D eigenvalue weighted by atomic mass is 9.84. The van der Waals surface area contributed by atoms with Crippen molar-refractivity contribution in [3.8, 4) is 6.07 Å². The van der Waals surface area contributed by atoms with Crippen molar-refractivity contribution < 1.29 is 0 Å². The number of hydrogen-bond acceptors (Lipinski definition) is 2. The van der Waals surface area contributed by atoms with Gasteiger partial charge in [-0.3, -0.25) is 4.90 Å². The normalized spacial score (nSPS) is 17.9. The van der Waals surface area contributed by atoms with Crippen molar-refractivity contribution in [1.82, 2.24) is 4.90 Å². The van der Waals surface area contributed by atoms with Crippen LogP contribution in [0.3, 0.4) is 0 Å². The van der Waals surface area contributed by atoms with Crippen molar-refractivity contribution in [2.24, 2.45) is 5.92 Å². The molecule has 2 atom stereocenters. The van der Waals surface area contributed by atoms with Crippen LogP contribution in [0.4, 0.5) is 0 Å². The summed E-state index contributed by atoms with van der Waals surface area (Å²) in [6, 6.07) is 2.46. The van der Waals surface area contributed by atoms with Crippen LogP contribution >= 0.6 is 0 Å². The molecule has 0 rings (SSSR count). The zero-order valence-corrected chi connectivity index (χ0v) is 9.59. The van der Waals surface area contributed by atoms with Gasteiger partial charge in [0.1, 0.15) is 5.54 Å². The Morgan fingerprint density at radius 3 is 2.00 bits per heavy atom. The molecule has 13 heavy (non-hydrogen) atoms. The van der Waals surface area contributed by atoms with E-state index in [1.807, 2.05) is 6.92 Å². The van der Waals surface area contributed by atoms with Crippen molar-refractivity contribution >= 4 is 0 Å². The third-order valence-corrected chi connectivity index (χ3v) is 3.22. The molecule has 0 radical (unpaired) electrons. The molecule has 0 amide bonds. The first-order chi connectivity index (χ1) is 6.06. The molecule has 2 heteroatoms. The minimum atomic E-state index is -0.293. The fourth-order valence-electron chi connectivity index (χ4n) is 1.77. The van der Waals surface area contributed by atoms with Gasteiger partial charge in [0.15, 0.2) is 0 Å². The second-order valence-electron chi connectivity index (χ2n) is 3.74. The smallest absolute Gasteiger partial charge is 0.108 e. The summed E-state index contributed by atoms with van der Waals surface area (Å²) >= 11 is 0. The van der Waals surface area contributed by atoms with E-state index in [4.69, 9.17) is 0 Å². The Labute approximate surface area is 82.5 Å². The first-order valence-corrected chi connectivity index (χ1v) is 5.23. The molecular weight excluding hydrogens is 160 g/mol. The van der Waals surface area contributed by atoms with E-state index >= 15 is 0 Å². The highest BCUT2D eigenvalue weighted by Gasteiger charge is 2.34. The quantitative estimate of drug-likeness (QED) is 0.653. The summed E-state index contributed by atoms with van der Waals surface area (Å²) in [5.74, 6) is 0.428. The van der Waals surface area contributed by atoms with E-state index in [-0.39, 0.29) is 5.54 Å². The summed E-state index contributed by atoms with van der Waals surface area (Å²) < 4.78 is 0. The maximum atomic E-state index is 9.23. The van der Waals surface area contributed by atoms with Crippen molar-refractivity contribution in [3.05, 3.63) is 0 Å². The second-order valence-corrected chi connectivity index (χ2v) is 3.74. The molecule has 0 fully saturated rings. The molecule has 0 aliphatic carbocycles. The molecule has 2 nitrogen and oxygen atoms in total. The van der Waals surface area contributed by atoms with Gasteiger partial charge in [0.25, 0.3) is 0 Å². The molecule has 0 N–H and O–H groups in total. The fourth-order valence-corrected chi connectivity index (χ4v) is 1.77. The van der Waals surface area contributed by atoms with E-state index in [1.54, 1.807) is 0 Å². The van der Waals surface area contributed by atoms with Crippen LogP contribution in [-0.2, 0) is 0 Å². The van der Waals surface area contributed by atoms with Gasteiger partial charge >= 0.3 is 0 Å². The van der Waals surface area contributed by atoms with E-state index in [9.17, 15) is 5.26 Å². The molecule has 0 saturated carbocycles. The van der Waals surface area contributed by atoms with E-state index in [0.29, 0.717) is 5.92 Å². The highest BCUT2D eigenvalue weighted by Crippen LogP contribution is 2.26. The van der Waals surface area contributed by atoms with Crippen molar-refractivity contribution in [2.45, 2.75) is 46.6 Å².